The van der Waals surface area contributed by atoms with E-state index >= 15 is 0 Å². The Kier molecular flexibility index (Phi) is 11.3. The summed E-state index contributed by atoms with van der Waals surface area (Å²) in [5.41, 5.74) is 4.50. The summed E-state index contributed by atoms with van der Waals surface area (Å²) in [5.74, 6) is 0. The van der Waals surface area contributed by atoms with Crippen molar-refractivity contribution in [2.24, 2.45) is 5.73 Å². The average Bonchev–Trinajstić information content (AvgIpc) is 2.10. The molecule has 1 aliphatic rings. The van der Waals surface area contributed by atoms with E-state index in [1.807, 2.05) is 4.31 Å². The number of nitrogens with two attached hydrogens (primary N) is 1. The molecular formula is C6H21N3O2S. The van der Waals surface area contributed by atoms with Crippen LogP contribution in [0, 0.1) is 0 Å². The van der Waals surface area contributed by atoms with Gasteiger partial charge in [-0.3, -0.25) is 0 Å². The lowest BCUT2D eigenvalue weighted by Crippen LogP contribution is -2.40. The molecule has 0 bridgehead atoms. The Morgan fingerprint density at radius 1 is 1.25 bits per heavy atom. The quantitative estimate of drug-likeness (QED) is 0.433. The predicted molar refractivity (Wildman–Crippen MR) is 55.1 cm³/mol. The van der Waals surface area contributed by atoms with Crippen LogP contribution in [0.3, 0.4) is 0 Å². The number of rotatable bonds is 1. The molecule has 0 amide bonds. The molecule has 12 heavy (non-hydrogen) atoms. The van der Waals surface area contributed by atoms with E-state index in [4.69, 9.17) is 4.55 Å². The fourth-order valence-electron chi connectivity index (χ4n) is 0.870. The second-order valence-corrected chi connectivity index (χ2v) is 2.99. The lowest BCUT2D eigenvalue weighted by molar-refractivity contribution is 0.228. The number of likely N-dealkylation sites (N-methyl/N-ethyl adjacent to an activating group) is 1. The maximum absolute atomic E-state index is 8.60. The van der Waals surface area contributed by atoms with Gasteiger partial charge >= 0.3 is 0 Å². The van der Waals surface area contributed by atoms with Crippen molar-refractivity contribution in [3.8, 4) is 0 Å². The second kappa shape index (κ2) is 9.24. The monoisotopic (exact) mass is 199 g/mol. The van der Waals surface area contributed by atoms with E-state index in [9.17, 15) is 0 Å². The van der Waals surface area contributed by atoms with E-state index in [1.54, 1.807) is 0 Å². The first-order chi connectivity index (χ1) is 5.33. The summed E-state index contributed by atoms with van der Waals surface area (Å²) >= 11 is 0.854. The SMILES string of the molecule is CN.CN1CCN(SO)CC1.O.[HH]. The first kappa shape index (κ1) is 14.7. The Bertz CT molecular complexity index is 93.9. The molecule has 78 valence electrons. The molecule has 0 aromatic heterocycles. The van der Waals surface area contributed by atoms with Crippen LogP contribution in [0.2, 0.25) is 0 Å². The minimum atomic E-state index is 0. The van der Waals surface area contributed by atoms with Gasteiger partial charge < -0.3 is 20.7 Å². The molecule has 0 spiro atoms. The fraction of sp³-hybridized carbons (Fsp3) is 1.00. The Morgan fingerprint density at radius 2 is 1.67 bits per heavy atom. The van der Waals surface area contributed by atoms with Crippen LogP contribution in [0.4, 0.5) is 0 Å². The molecule has 1 aliphatic heterocycles. The van der Waals surface area contributed by atoms with Gasteiger partial charge in [0, 0.05) is 27.6 Å². The van der Waals surface area contributed by atoms with E-state index in [1.165, 1.54) is 7.05 Å². The van der Waals surface area contributed by atoms with Crippen LogP contribution in [0.1, 0.15) is 1.43 Å². The highest BCUT2D eigenvalue weighted by atomic mass is 32.2. The van der Waals surface area contributed by atoms with Gasteiger partial charge in [-0.05, 0) is 14.1 Å². The number of hydrogen-bond donors (Lipinski definition) is 2. The van der Waals surface area contributed by atoms with Gasteiger partial charge in [-0.25, -0.2) is 4.31 Å². The molecular weight excluding hydrogens is 178 g/mol. The molecule has 6 heteroatoms. The van der Waals surface area contributed by atoms with Crippen LogP contribution in [0.15, 0.2) is 0 Å². The van der Waals surface area contributed by atoms with Gasteiger partial charge in [-0.15, -0.1) is 0 Å². The van der Waals surface area contributed by atoms with Gasteiger partial charge in [-0.2, -0.15) is 0 Å². The van der Waals surface area contributed by atoms with E-state index < -0.39 is 0 Å². The molecule has 1 fully saturated rings. The van der Waals surface area contributed by atoms with Crippen molar-refractivity contribution in [3.63, 3.8) is 0 Å². The number of nitrogens with zero attached hydrogens (tertiary/aromatic N) is 2. The topological polar surface area (TPSA) is 84.2 Å². The highest BCUT2D eigenvalue weighted by molar-refractivity contribution is 7.91. The normalized spacial score (nSPS) is 19.0. The van der Waals surface area contributed by atoms with Crippen molar-refractivity contribution in [1.29, 1.82) is 0 Å². The van der Waals surface area contributed by atoms with Gasteiger partial charge in [0.05, 0.1) is 12.2 Å². The van der Waals surface area contributed by atoms with Crippen molar-refractivity contribution in [2.45, 2.75) is 0 Å². The molecule has 0 aliphatic carbocycles. The maximum atomic E-state index is 8.60. The molecule has 0 aromatic carbocycles. The fourth-order valence-corrected chi connectivity index (χ4v) is 1.20. The maximum Gasteiger partial charge on any atom is 0.0791 e. The molecule has 1 heterocycles. The summed E-state index contributed by atoms with van der Waals surface area (Å²) in [4.78, 5) is 2.26. The second-order valence-electron chi connectivity index (χ2n) is 2.31. The summed E-state index contributed by atoms with van der Waals surface area (Å²) in [7, 11) is 3.60. The first-order valence-corrected chi connectivity index (χ1v) is 4.38. The highest BCUT2D eigenvalue weighted by Gasteiger charge is 2.12. The molecule has 0 aromatic rings. The molecule has 0 unspecified atom stereocenters. The molecule has 1 saturated heterocycles. The van der Waals surface area contributed by atoms with Gasteiger partial charge in [0.1, 0.15) is 0 Å². The van der Waals surface area contributed by atoms with Gasteiger partial charge in [0.2, 0.25) is 0 Å². The third-order valence-corrected chi connectivity index (χ3v) is 2.17. The third kappa shape index (κ3) is 5.76. The van der Waals surface area contributed by atoms with Gasteiger partial charge in [-0.1, -0.05) is 0 Å². The lowest BCUT2D eigenvalue weighted by atomic mass is 10.4. The largest absolute Gasteiger partial charge is 0.412 e. The summed E-state index contributed by atoms with van der Waals surface area (Å²) in [6, 6.07) is 0. The van der Waals surface area contributed by atoms with Crippen LogP contribution in [0.5, 0.6) is 0 Å². The predicted octanol–water partition coefficient (Wildman–Crippen LogP) is -0.649. The number of hydrogen-bond acceptors (Lipinski definition) is 5. The van der Waals surface area contributed by atoms with Crippen molar-refractivity contribution < 1.29 is 11.5 Å². The van der Waals surface area contributed by atoms with Crippen LogP contribution in [0.25, 0.3) is 0 Å². The van der Waals surface area contributed by atoms with Crippen LogP contribution in [-0.2, 0) is 0 Å². The van der Waals surface area contributed by atoms with Crippen molar-refractivity contribution in [1.82, 2.24) is 9.21 Å². The highest BCUT2D eigenvalue weighted by Crippen LogP contribution is 2.07. The third-order valence-electron chi connectivity index (χ3n) is 1.58. The van der Waals surface area contributed by atoms with E-state index in [0.717, 1.165) is 38.4 Å². The summed E-state index contributed by atoms with van der Waals surface area (Å²) in [6.07, 6.45) is 0. The Morgan fingerprint density at radius 3 is 2.00 bits per heavy atom. The Hall–Kier alpha value is 0.150. The smallest absolute Gasteiger partial charge is 0.0791 e. The van der Waals surface area contributed by atoms with Gasteiger partial charge in [0.25, 0.3) is 0 Å². The Labute approximate surface area is 79.7 Å². The molecule has 1 rings (SSSR count). The van der Waals surface area contributed by atoms with E-state index in [2.05, 4.69) is 17.7 Å². The van der Waals surface area contributed by atoms with Crippen molar-refractivity contribution in [3.05, 3.63) is 0 Å². The van der Waals surface area contributed by atoms with Gasteiger partial charge in [0.15, 0.2) is 0 Å². The summed E-state index contributed by atoms with van der Waals surface area (Å²) < 4.78 is 10.6. The zero-order valence-electron chi connectivity index (χ0n) is 7.66. The zero-order chi connectivity index (χ0) is 8.69. The van der Waals surface area contributed by atoms with E-state index in [0.29, 0.717) is 0 Å². The van der Waals surface area contributed by atoms with Crippen LogP contribution in [-0.4, -0.2) is 59.5 Å². The summed E-state index contributed by atoms with van der Waals surface area (Å²) in [6.45, 7) is 4.07. The van der Waals surface area contributed by atoms with Crippen molar-refractivity contribution in [2.75, 3.05) is 40.3 Å². The minimum Gasteiger partial charge on any atom is -0.412 e. The van der Waals surface area contributed by atoms with Crippen LogP contribution >= 0.6 is 12.2 Å². The van der Waals surface area contributed by atoms with Crippen molar-refractivity contribution >= 4 is 12.2 Å². The average molecular weight is 199 g/mol. The minimum absolute atomic E-state index is 0. The number of piperazine rings is 1. The Balaban J connectivity index is -0.000000234. The summed E-state index contributed by atoms with van der Waals surface area (Å²) in [5, 5.41) is 0. The van der Waals surface area contributed by atoms with Crippen LogP contribution < -0.4 is 5.73 Å². The molecule has 0 radical (unpaired) electrons. The van der Waals surface area contributed by atoms with E-state index in [-0.39, 0.29) is 6.90 Å². The zero-order valence-corrected chi connectivity index (χ0v) is 8.47. The molecule has 5 N–H and O–H groups in total. The molecule has 0 saturated carbocycles. The lowest BCUT2D eigenvalue weighted by Gasteiger charge is -2.29. The first-order valence-electron chi connectivity index (χ1n) is 3.65. The standard InChI is InChI=1S/C5H12N2OS.CH5N.H2O.H2/c1-6-2-4-7(9-8)5-3-6;1-2;;/h8H,2-5H2,1H3;2H2,1H3;1H2;1H. The molecule has 5 nitrogen and oxygen atoms in total. The molecule has 0 atom stereocenters.